The average Bonchev–Trinajstić information content (AvgIpc) is 2.47. The van der Waals surface area contributed by atoms with Crippen LogP contribution in [0.2, 0.25) is 0 Å². The van der Waals surface area contributed by atoms with Crippen LogP contribution in [0.25, 0.3) is 0 Å². The van der Waals surface area contributed by atoms with Crippen LogP contribution in [-0.2, 0) is 22.5 Å². The number of carbonyl (C=O) groups is 1. The number of ether oxygens (including phenoxy) is 1. The Morgan fingerprint density at radius 1 is 1.30 bits per heavy atom. The van der Waals surface area contributed by atoms with Crippen molar-refractivity contribution >= 4 is 5.91 Å². The molecule has 0 unspecified atom stereocenters. The van der Waals surface area contributed by atoms with Gasteiger partial charge in [0.15, 0.2) is 0 Å². The van der Waals surface area contributed by atoms with Crippen LogP contribution in [0, 0.1) is 0 Å². The Kier molecular flexibility index (Phi) is 6.02. The maximum absolute atomic E-state index is 11.2. The maximum Gasteiger partial charge on any atom is 0.245 e. The first-order valence-electron chi connectivity index (χ1n) is 7.34. The van der Waals surface area contributed by atoms with E-state index in [4.69, 9.17) is 4.74 Å². The van der Waals surface area contributed by atoms with Gasteiger partial charge in [-0.15, -0.1) is 0 Å². The summed E-state index contributed by atoms with van der Waals surface area (Å²) < 4.78 is 4.77. The van der Waals surface area contributed by atoms with E-state index in [-0.39, 0.29) is 12.5 Å². The van der Waals surface area contributed by atoms with Crippen molar-refractivity contribution in [1.82, 2.24) is 10.2 Å². The van der Waals surface area contributed by atoms with Gasteiger partial charge in [-0.25, -0.2) is 0 Å². The number of carbonyl (C=O) groups excluding carboxylic acids is 1. The van der Waals surface area contributed by atoms with Crippen LogP contribution in [0.3, 0.4) is 0 Å². The number of nitrogens with zero attached hydrogens (tertiary/aromatic N) is 1. The number of amides is 1. The molecule has 1 aliphatic rings. The van der Waals surface area contributed by atoms with Crippen LogP contribution in [0.15, 0.2) is 24.3 Å². The summed E-state index contributed by atoms with van der Waals surface area (Å²) in [6, 6.07) is 8.70. The summed E-state index contributed by atoms with van der Waals surface area (Å²) in [5, 5.41) is 2.85. The second-order valence-electron chi connectivity index (χ2n) is 5.28. The molecule has 2 rings (SSSR count). The van der Waals surface area contributed by atoms with E-state index < -0.39 is 0 Å². The largest absolute Gasteiger partial charge is 0.375 e. The molecule has 0 fully saturated rings. The van der Waals surface area contributed by atoms with Crippen molar-refractivity contribution in [2.45, 2.75) is 25.8 Å². The number of unbranched alkanes of at least 4 members (excludes halogenated alkanes) is 1. The van der Waals surface area contributed by atoms with Gasteiger partial charge in [-0.05, 0) is 36.9 Å². The second kappa shape index (κ2) is 8.02. The molecule has 0 atom stereocenters. The number of hydrogen-bond donors (Lipinski definition) is 1. The highest BCUT2D eigenvalue weighted by atomic mass is 16.5. The molecule has 4 heteroatoms. The number of methoxy groups -OCH3 is 1. The van der Waals surface area contributed by atoms with Gasteiger partial charge in [-0.1, -0.05) is 24.3 Å². The van der Waals surface area contributed by atoms with Gasteiger partial charge in [0.2, 0.25) is 5.91 Å². The van der Waals surface area contributed by atoms with Crippen LogP contribution in [0.1, 0.15) is 24.0 Å². The summed E-state index contributed by atoms with van der Waals surface area (Å²) in [6.07, 6.45) is 3.30. The molecule has 0 radical (unpaired) electrons. The van der Waals surface area contributed by atoms with Crippen molar-refractivity contribution in [3.05, 3.63) is 35.4 Å². The molecule has 110 valence electrons. The quantitative estimate of drug-likeness (QED) is 0.769. The van der Waals surface area contributed by atoms with Crippen LogP contribution in [0.5, 0.6) is 0 Å². The Morgan fingerprint density at radius 2 is 2.10 bits per heavy atom. The van der Waals surface area contributed by atoms with Gasteiger partial charge >= 0.3 is 0 Å². The van der Waals surface area contributed by atoms with E-state index >= 15 is 0 Å². The number of fused-ring (bicyclic) bond motifs is 1. The zero-order chi connectivity index (χ0) is 14.2. The lowest BCUT2D eigenvalue weighted by Gasteiger charge is -2.28. The number of benzene rings is 1. The van der Waals surface area contributed by atoms with Crippen molar-refractivity contribution in [3.63, 3.8) is 0 Å². The fraction of sp³-hybridized carbons (Fsp3) is 0.562. The lowest BCUT2D eigenvalue weighted by atomic mass is 10.00. The molecule has 0 aromatic heterocycles. The second-order valence-corrected chi connectivity index (χ2v) is 5.28. The molecule has 0 spiro atoms. The lowest BCUT2D eigenvalue weighted by molar-refractivity contribution is -0.124. The smallest absolute Gasteiger partial charge is 0.245 e. The summed E-state index contributed by atoms with van der Waals surface area (Å²) >= 11 is 0. The maximum atomic E-state index is 11.2. The third-order valence-corrected chi connectivity index (χ3v) is 3.71. The van der Waals surface area contributed by atoms with E-state index in [9.17, 15) is 4.79 Å². The monoisotopic (exact) mass is 276 g/mol. The molecule has 1 N–H and O–H groups in total. The molecule has 1 aliphatic heterocycles. The third-order valence-electron chi connectivity index (χ3n) is 3.71. The van der Waals surface area contributed by atoms with Crippen LogP contribution in [-0.4, -0.2) is 44.2 Å². The topological polar surface area (TPSA) is 41.6 Å². The van der Waals surface area contributed by atoms with Crippen LogP contribution in [0.4, 0.5) is 0 Å². The minimum absolute atomic E-state index is 0.0283. The zero-order valence-electron chi connectivity index (χ0n) is 12.2. The van der Waals surface area contributed by atoms with Gasteiger partial charge in [-0.2, -0.15) is 0 Å². The van der Waals surface area contributed by atoms with E-state index in [0.717, 1.165) is 45.4 Å². The van der Waals surface area contributed by atoms with Crippen molar-refractivity contribution in [2.24, 2.45) is 0 Å². The lowest BCUT2D eigenvalue weighted by Crippen LogP contribution is -2.32. The minimum Gasteiger partial charge on any atom is -0.375 e. The predicted molar refractivity (Wildman–Crippen MR) is 79.5 cm³/mol. The van der Waals surface area contributed by atoms with Gasteiger partial charge in [0.25, 0.3) is 0 Å². The molecule has 0 saturated carbocycles. The predicted octanol–water partition coefficient (Wildman–Crippen LogP) is 1.59. The number of rotatable bonds is 7. The van der Waals surface area contributed by atoms with Crippen molar-refractivity contribution in [3.8, 4) is 0 Å². The first-order chi connectivity index (χ1) is 9.79. The fourth-order valence-electron chi connectivity index (χ4n) is 2.62. The molecule has 4 nitrogen and oxygen atoms in total. The minimum atomic E-state index is -0.0283. The standard InChI is InChI=1S/C16H24N2O2/c1-20-13-16(19)17-9-4-5-10-18-11-8-14-6-2-3-7-15(14)12-18/h2-3,6-7H,4-5,8-13H2,1H3,(H,17,19). The highest BCUT2D eigenvalue weighted by Crippen LogP contribution is 2.18. The summed E-state index contributed by atoms with van der Waals surface area (Å²) in [6.45, 7) is 4.21. The summed E-state index contributed by atoms with van der Waals surface area (Å²) in [7, 11) is 1.54. The van der Waals surface area contributed by atoms with E-state index in [2.05, 4.69) is 34.5 Å². The van der Waals surface area contributed by atoms with E-state index in [1.165, 1.54) is 18.2 Å². The summed E-state index contributed by atoms with van der Waals surface area (Å²) in [4.78, 5) is 13.7. The molecule has 20 heavy (non-hydrogen) atoms. The highest BCUT2D eigenvalue weighted by Gasteiger charge is 2.14. The Bertz CT molecular complexity index is 434. The molecule has 1 amide bonds. The van der Waals surface area contributed by atoms with Gasteiger partial charge in [0, 0.05) is 26.7 Å². The molecule has 0 bridgehead atoms. The number of hydrogen-bond acceptors (Lipinski definition) is 3. The van der Waals surface area contributed by atoms with Crippen molar-refractivity contribution in [1.29, 1.82) is 0 Å². The van der Waals surface area contributed by atoms with Gasteiger partial charge in [-0.3, -0.25) is 9.69 Å². The van der Waals surface area contributed by atoms with Gasteiger partial charge < -0.3 is 10.1 Å². The normalized spacial score (nSPS) is 14.8. The van der Waals surface area contributed by atoms with Crippen LogP contribution >= 0.6 is 0 Å². The highest BCUT2D eigenvalue weighted by molar-refractivity contribution is 5.77. The van der Waals surface area contributed by atoms with Crippen molar-refractivity contribution < 1.29 is 9.53 Å². The van der Waals surface area contributed by atoms with Crippen molar-refractivity contribution in [2.75, 3.05) is 33.4 Å². The molecule has 0 aliphatic carbocycles. The molecular formula is C16H24N2O2. The fourth-order valence-corrected chi connectivity index (χ4v) is 2.62. The first kappa shape index (κ1) is 15.0. The molecule has 1 aromatic rings. The Balaban J connectivity index is 1.61. The Hall–Kier alpha value is -1.39. The van der Waals surface area contributed by atoms with E-state index in [0.29, 0.717) is 0 Å². The Morgan fingerprint density at radius 3 is 2.90 bits per heavy atom. The summed E-state index contributed by atoms with van der Waals surface area (Å²) in [5.41, 5.74) is 2.96. The van der Waals surface area contributed by atoms with E-state index in [1.54, 1.807) is 0 Å². The summed E-state index contributed by atoms with van der Waals surface area (Å²) in [5.74, 6) is -0.0283. The molecular weight excluding hydrogens is 252 g/mol. The Labute approximate surface area is 121 Å². The van der Waals surface area contributed by atoms with Gasteiger partial charge in [0.05, 0.1) is 0 Å². The third kappa shape index (κ3) is 4.62. The van der Waals surface area contributed by atoms with Crippen LogP contribution < -0.4 is 5.32 Å². The first-order valence-corrected chi connectivity index (χ1v) is 7.34. The molecule has 0 saturated heterocycles. The zero-order valence-corrected chi connectivity index (χ0v) is 12.2. The average molecular weight is 276 g/mol. The van der Waals surface area contributed by atoms with Gasteiger partial charge in [0.1, 0.15) is 6.61 Å². The SMILES string of the molecule is COCC(=O)NCCCCN1CCc2ccccc2C1. The molecule has 1 heterocycles. The van der Waals surface area contributed by atoms with E-state index in [1.807, 2.05) is 0 Å². The number of nitrogens with one attached hydrogen (secondary N) is 1. The molecule has 1 aromatic carbocycles.